The summed E-state index contributed by atoms with van der Waals surface area (Å²) in [4.78, 5) is 4.77. The standard InChI is InChI=1S/C20H16N2O2/c21-19-15-5-1-2-6-16(15)20(22-19,13-9-11-14(23)12-10-13)17-7-3-4-8-18(17)24/h1-12,23-24H,(H2,21,22). The number of hydrogen-bond acceptors (Lipinski definition) is 4. The van der Waals surface area contributed by atoms with Gasteiger partial charge in [0.05, 0.1) is 0 Å². The Hall–Kier alpha value is -3.27. The normalized spacial score (nSPS) is 18.9. The zero-order valence-corrected chi connectivity index (χ0v) is 12.8. The van der Waals surface area contributed by atoms with Crippen LogP contribution in [0, 0.1) is 0 Å². The Morgan fingerprint density at radius 2 is 1.38 bits per heavy atom. The van der Waals surface area contributed by atoms with Crippen molar-refractivity contribution in [2.75, 3.05) is 0 Å². The van der Waals surface area contributed by atoms with Crippen LogP contribution in [0.15, 0.2) is 77.8 Å². The number of benzene rings is 3. The number of phenolic OH excluding ortho intramolecular Hbond substituents is 2. The number of aliphatic imine (C=N–C) groups is 1. The number of nitrogens with zero attached hydrogens (tertiary/aromatic N) is 1. The summed E-state index contributed by atoms with van der Waals surface area (Å²) in [6, 6.07) is 21.7. The first kappa shape index (κ1) is 14.3. The van der Waals surface area contributed by atoms with E-state index in [0.717, 1.165) is 16.7 Å². The molecule has 24 heavy (non-hydrogen) atoms. The lowest BCUT2D eigenvalue weighted by Crippen LogP contribution is -2.25. The molecule has 4 N–H and O–H groups in total. The first-order valence-electron chi connectivity index (χ1n) is 7.66. The van der Waals surface area contributed by atoms with Crippen molar-refractivity contribution in [3.05, 3.63) is 95.1 Å². The van der Waals surface area contributed by atoms with Crippen molar-refractivity contribution in [1.29, 1.82) is 0 Å². The largest absolute Gasteiger partial charge is 0.508 e. The van der Waals surface area contributed by atoms with Crippen molar-refractivity contribution >= 4 is 5.84 Å². The fourth-order valence-electron chi connectivity index (χ4n) is 3.39. The molecule has 4 heteroatoms. The molecule has 0 saturated heterocycles. The number of nitrogens with two attached hydrogens (primary N) is 1. The van der Waals surface area contributed by atoms with Crippen molar-refractivity contribution in [1.82, 2.24) is 0 Å². The van der Waals surface area contributed by atoms with Crippen molar-refractivity contribution in [3.63, 3.8) is 0 Å². The minimum atomic E-state index is -0.931. The molecule has 0 aromatic heterocycles. The second kappa shape index (κ2) is 5.13. The van der Waals surface area contributed by atoms with E-state index in [1.165, 1.54) is 0 Å². The molecular weight excluding hydrogens is 300 g/mol. The molecule has 4 rings (SSSR count). The van der Waals surface area contributed by atoms with Gasteiger partial charge in [0.1, 0.15) is 22.9 Å². The van der Waals surface area contributed by atoms with Gasteiger partial charge in [0.2, 0.25) is 0 Å². The SMILES string of the molecule is NC1=NC(c2ccc(O)cc2)(c2ccccc2O)c2ccccc21. The molecule has 4 nitrogen and oxygen atoms in total. The number of aromatic hydroxyl groups is 2. The van der Waals surface area contributed by atoms with E-state index in [1.54, 1.807) is 36.4 Å². The Kier molecular flexibility index (Phi) is 3.06. The monoisotopic (exact) mass is 316 g/mol. The Bertz CT molecular complexity index is 948. The van der Waals surface area contributed by atoms with Crippen LogP contribution in [0.2, 0.25) is 0 Å². The van der Waals surface area contributed by atoms with Gasteiger partial charge in [-0.05, 0) is 29.3 Å². The maximum atomic E-state index is 10.5. The van der Waals surface area contributed by atoms with E-state index in [2.05, 4.69) is 0 Å². The summed E-state index contributed by atoms with van der Waals surface area (Å²) in [6.45, 7) is 0. The third-order valence-electron chi connectivity index (χ3n) is 4.46. The average molecular weight is 316 g/mol. The number of phenols is 2. The van der Waals surface area contributed by atoms with Crippen molar-refractivity contribution in [2.24, 2.45) is 10.7 Å². The molecule has 0 aliphatic carbocycles. The molecule has 3 aromatic carbocycles. The van der Waals surface area contributed by atoms with Crippen LogP contribution in [0.25, 0.3) is 0 Å². The third-order valence-corrected chi connectivity index (χ3v) is 4.46. The van der Waals surface area contributed by atoms with E-state index in [1.807, 2.05) is 36.4 Å². The maximum absolute atomic E-state index is 10.5. The van der Waals surface area contributed by atoms with Gasteiger partial charge in [-0.2, -0.15) is 0 Å². The van der Waals surface area contributed by atoms with Gasteiger partial charge in [-0.1, -0.05) is 54.6 Å². The quantitative estimate of drug-likeness (QED) is 0.679. The van der Waals surface area contributed by atoms with E-state index in [0.29, 0.717) is 11.4 Å². The summed E-state index contributed by atoms with van der Waals surface area (Å²) in [5.41, 5.74) is 8.52. The summed E-state index contributed by atoms with van der Waals surface area (Å²) >= 11 is 0. The number of fused-ring (bicyclic) bond motifs is 1. The van der Waals surface area contributed by atoms with Gasteiger partial charge in [0, 0.05) is 11.1 Å². The van der Waals surface area contributed by atoms with Gasteiger partial charge in [-0.3, -0.25) is 0 Å². The second-order valence-electron chi connectivity index (χ2n) is 5.82. The molecule has 3 aromatic rings. The molecule has 118 valence electrons. The predicted octanol–water partition coefficient (Wildman–Crippen LogP) is 3.11. The molecule has 1 aliphatic rings. The summed E-state index contributed by atoms with van der Waals surface area (Å²) in [6.07, 6.45) is 0. The van der Waals surface area contributed by atoms with E-state index in [-0.39, 0.29) is 11.5 Å². The number of rotatable bonds is 2. The van der Waals surface area contributed by atoms with E-state index >= 15 is 0 Å². The molecule has 0 saturated carbocycles. The van der Waals surface area contributed by atoms with Gasteiger partial charge < -0.3 is 15.9 Å². The molecule has 1 heterocycles. The number of amidine groups is 1. The fourth-order valence-corrected chi connectivity index (χ4v) is 3.39. The van der Waals surface area contributed by atoms with Gasteiger partial charge in [0.25, 0.3) is 0 Å². The van der Waals surface area contributed by atoms with Crippen LogP contribution < -0.4 is 5.73 Å². The maximum Gasteiger partial charge on any atom is 0.142 e. The van der Waals surface area contributed by atoms with Crippen molar-refractivity contribution < 1.29 is 10.2 Å². The highest BCUT2D eigenvalue weighted by Crippen LogP contribution is 2.48. The van der Waals surface area contributed by atoms with Crippen LogP contribution in [-0.2, 0) is 5.54 Å². The molecular formula is C20H16N2O2. The van der Waals surface area contributed by atoms with Gasteiger partial charge >= 0.3 is 0 Å². The highest BCUT2D eigenvalue weighted by molar-refractivity contribution is 6.03. The van der Waals surface area contributed by atoms with Crippen LogP contribution in [0.1, 0.15) is 22.3 Å². The van der Waals surface area contributed by atoms with Crippen molar-refractivity contribution in [2.45, 2.75) is 5.54 Å². The minimum absolute atomic E-state index is 0.152. The highest BCUT2D eigenvalue weighted by Gasteiger charge is 2.44. The zero-order valence-electron chi connectivity index (χ0n) is 12.8. The smallest absolute Gasteiger partial charge is 0.142 e. The lowest BCUT2D eigenvalue weighted by molar-refractivity contribution is 0.455. The molecule has 0 amide bonds. The first-order valence-corrected chi connectivity index (χ1v) is 7.66. The van der Waals surface area contributed by atoms with Crippen LogP contribution in [-0.4, -0.2) is 16.0 Å². The van der Waals surface area contributed by atoms with Gasteiger partial charge in [0.15, 0.2) is 0 Å². The van der Waals surface area contributed by atoms with Crippen LogP contribution in [0.5, 0.6) is 11.5 Å². The molecule has 0 radical (unpaired) electrons. The Morgan fingerprint density at radius 3 is 2.08 bits per heavy atom. The molecule has 1 aliphatic heterocycles. The molecule has 0 bridgehead atoms. The van der Waals surface area contributed by atoms with E-state index in [9.17, 15) is 10.2 Å². The molecule has 1 unspecified atom stereocenters. The van der Waals surface area contributed by atoms with Crippen LogP contribution in [0.3, 0.4) is 0 Å². The predicted molar refractivity (Wildman–Crippen MR) is 93.3 cm³/mol. The molecule has 0 spiro atoms. The Morgan fingerprint density at radius 1 is 0.750 bits per heavy atom. The topological polar surface area (TPSA) is 78.8 Å². The van der Waals surface area contributed by atoms with Crippen molar-refractivity contribution in [3.8, 4) is 11.5 Å². The lowest BCUT2D eigenvalue weighted by Gasteiger charge is -2.29. The summed E-state index contributed by atoms with van der Waals surface area (Å²) in [5.74, 6) is 0.759. The lowest BCUT2D eigenvalue weighted by atomic mass is 9.77. The Balaban J connectivity index is 2.10. The Labute approximate surface area is 139 Å². The van der Waals surface area contributed by atoms with Gasteiger partial charge in [-0.25, -0.2) is 4.99 Å². The zero-order chi connectivity index (χ0) is 16.7. The fraction of sp³-hybridized carbons (Fsp3) is 0.0500. The first-order chi connectivity index (χ1) is 11.6. The van der Waals surface area contributed by atoms with E-state index < -0.39 is 5.54 Å². The minimum Gasteiger partial charge on any atom is -0.508 e. The van der Waals surface area contributed by atoms with Crippen LogP contribution in [0.4, 0.5) is 0 Å². The second-order valence-corrected chi connectivity index (χ2v) is 5.82. The van der Waals surface area contributed by atoms with Gasteiger partial charge in [-0.15, -0.1) is 0 Å². The summed E-state index contributed by atoms with van der Waals surface area (Å²) in [5, 5.41) is 20.2. The number of para-hydroxylation sites is 1. The average Bonchev–Trinajstić information content (AvgIpc) is 2.90. The molecule has 0 fully saturated rings. The third kappa shape index (κ3) is 1.90. The summed E-state index contributed by atoms with van der Waals surface area (Å²) in [7, 11) is 0. The highest BCUT2D eigenvalue weighted by atomic mass is 16.3. The van der Waals surface area contributed by atoms with E-state index in [4.69, 9.17) is 10.7 Å². The number of hydrogen-bond donors (Lipinski definition) is 3. The summed E-state index contributed by atoms with van der Waals surface area (Å²) < 4.78 is 0. The van der Waals surface area contributed by atoms with Crippen LogP contribution >= 0.6 is 0 Å². The molecule has 1 atom stereocenters.